The highest BCUT2D eigenvalue weighted by molar-refractivity contribution is 6.00. The molecule has 2 aromatic carbocycles. The van der Waals surface area contributed by atoms with Crippen molar-refractivity contribution in [1.29, 1.82) is 0 Å². The number of benzene rings is 2. The molecule has 1 aromatic heterocycles. The predicted octanol–water partition coefficient (Wildman–Crippen LogP) is 3.23. The normalized spacial score (nSPS) is 16.7. The third kappa shape index (κ3) is 4.75. The molecule has 0 bridgehead atoms. The Kier molecular flexibility index (Phi) is 6.45. The van der Waals surface area contributed by atoms with Crippen LogP contribution in [0.3, 0.4) is 0 Å². The molecule has 176 valence electrons. The van der Waals surface area contributed by atoms with Crippen LogP contribution in [0.2, 0.25) is 0 Å². The minimum atomic E-state index is -0.0109. The van der Waals surface area contributed by atoms with Crippen LogP contribution in [-0.4, -0.2) is 82.1 Å². The Balaban J connectivity index is 1.33. The van der Waals surface area contributed by atoms with Crippen molar-refractivity contribution in [2.45, 2.75) is 19.8 Å². The van der Waals surface area contributed by atoms with Gasteiger partial charge in [-0.1, -0.05) is 48.0 Å². The molecule has 2 aliphatic heterocycles. The van der Waals surface area contributed by atoms with E-state index >= 15 is 0 Å². The zero-order chi connectivity index (χ0) is 23.5. The van der Waals surface area contributed by atoms with E-state index in [1.165, 1.54) is 5.56 Å². The lowest BCUT2D eigenvalue weighted by molar-refractivity contribution is -0.131. The van der Waals surface area contributed by atoms with Crippen LogP contribution >= 0.6 is 0 Å². The molecule has 7 nitrogen and oxygen atoms in total. The largest absolute Gasteiger partial charge is 0.342 e. The third-order valence-corrected chi connectivity index (χ3v) is 6.77. The van der Waals surface area contributed by atoms with Gasteiger partial charge in [-0.05, 0) is 31.9 Å². The molecule has 0 spiro atoms. The zero-order valence-electron chi connectivity index (χ0n) is 19.7. The van der Waals surface area contributed by atoms with E-state index in [0.717, 1.165) is 37.2 Å². The van der Waals surface area contributed by atoms with Crippen molar-refractivity contribution in [3.8, 4) is 16.9 Å². The maximum Gasteiger partial charge on any atom is 0.257 e. The maximum absolute atomic E-state index is 13.6. The molecule has 2 saturated heterocycles. The van der Waals surface area contributed by atoms with Crippen molar-refractivity contribution in [2.75, 3.05) is 45.8 Å². The van der Waals surface area contributed by atoms with Gasteiger partial charge in [0.25, 0.3) is 5.91 Å². The number of carbonyl (C=O) groups is 2. The fourth-order valence-corrected chi connectivity index (χ4v) is 4.71. The average Bonchev–Trinajstić information content (AvgIpc) is 3.56. The van der Waals surface area contributed by atoms with Crippen LogP contribution in [0.4, 0.5) is 0 Å². The molecule has 3 heterocycles. The summed E-state index contributed by atoms with van der Waals surface area (Å²) in [5.74, 6) is 0.200. The Morgan fingerprint density at radius 2 is 1.50 bits per heavy atom. The fourth-order valence-electron chi connectivity index (χ4n) is 4.71. The molecule has 2 aliphatic rings. The van der Waals surface area contributed by atoms with Gasteiger partial charge in [-0.15, -0.1) is 0 Å². The lowest BCUT2D eigenvalue weighted by Gasteiger charge is -2.35. The summed E-state index contributed by atoms with van der Waals surface area (Å²) in [6.07, 6.45) is 4.05. The first-order chi connectivity index (χ1) is 16.6. The van der Waals surface area contributed by atoms with Gasteiger partial charge >= 0.3 is 0 Å². The highest BCUT2D eigenvalue weighted by Gasteiger charge is 2.28. The number of hydrogen-bond donors (Lipinski definition) is 0. The van der Waals surface area contributed by atoms with E-state index in [2.05, 4.69) is 4.90 Å². The zero-order valence-corrected chi connectivity index (χ0v) is 19.7. The number of carbonyl (C=O) groups excluding carboxylic acids is 2. The highest BCUT2D eigenvalue weighted by Crippen LogP contribution is 2.26. The van der Waals surface area contributed by atoms with Gasteiger partial charge in [0.05, 0.1) is 17.8 Å². The molecular weight excluding hydrogens is 426 g/mol. The van der Waals surface area contributed by atoms with E-state index in [1.807, 2.05) is 77.5 Å². The molecule has 0 saturated carbocycles. The number of hydrogen-bond acceptors (Lipinski definition) is 4. The number of amides is 2. The Morgan fingerprint density at radius 1 is 0.824 bits per heavy atom. The quantitative estimate of drug-likeness (QED) is 0.590. The summed E-state index contributed by atoms with van der Waals surface area (Å²) in [4.78, 5) is 32.1. The number of rotatable bonds is 5. The lowest BCUT2D eigenvalue weighted by atomic mass is 10.1. The third-order valence-electron chi connectivity index (χ3n) is 6.77. The Bertz CT molecular complexity index is 1140. The second-order valence-electron chi connectivity index (χ2n) is 9.19. The monoisotopic (exact) mass is 457 g/mol. The molecular formula is C27H31N5O2. The second-order valence-corrected chi connectivity index (χ2v) is 9.19. The molecule has 0 radical (unpaired) electrons. The number of aromatic nitrogens is 2. The summed E-state index contributed by atoms with van der Waals surface area (Å²) >= 11 is 0. The molecule has 5 rings (SSSR count). The first-order valence-corrected chi connectivity index (χ1v) is 12.1. The second kappa shape index (κ2) is 9.81. The van der Waals surface area contributed by atoms with Gasteiger partial charge in [-0.3, -0.25) is 14.5 Å². The van der Waals surface area contributed by atoms with Crippen molar-refractivity contribution in [1.82, 2.24) is 24.5 Å². The van der Waals surface area contributed by atoms with Gasteiger partial charge in [-0.25, -0.2) is 4.68 Å². The van der Waals surface area contributed by atoms with Crippen LogP contribution in [0.5, 0.6) is 0 Å². The number of aryl methyl sites for hydroxylation is 1. The smallest absolute Gasteiger partial charge is 0.257 e. The lowest BCUT2D eigenvalue weighted by Crippen LogP contribution is -2.51. The van der Waals surface area contributed by atoms with Gasteiger partial charge in [0.15, 0.2) is 0 Å². The van der Waals surface area contributed by atoms with Crippen LogP contribution in [0.1, 0.15) is 28.8 Å². The molecule has 2 fully saturated rings. The van der Waals surface area contributed by atoms with E-state index < -0.39 is 0 Å². The van der Waals surface area contributed by atoms with Crippen LogP contribution in [0, 0.1) is 6.92 Å². The van der Waals surface area contributed by atoms with Crippen LogP contribution in [0.25, 0.3) is 16.9 Å². The predicted molar refractivity (Wildman–Crippen MR) is 132 cm³/mol. The molecule has 2 amide bonds. The molecule has 0 unspecified atom stereocenters. The maximum atomic E-state index is 13.6. The van der Waals surface area contributed by atoms with Crippen molar-refractivity contribution < 1.29 is 9.59 Å². The first kappa shape index (κ1) is 22.3. The van der Waals surface area contributed by atoms with E-state index in [0.29, 0.717) is 44.0 Å². The van der Waals surface area contributed by atoms with E-state index in [1.54, 1.807) is 4.68 Å². The van der Waals surface area contributed by atoms with Gasteiger partial charge in [0.1, 0.15) is 5.69 Å². The van der Waals surface area contributed by atoms with E-state index in [4.69, 9.17) is 5.10 Å². The molecule has 7 heteroatoms. The molecule has 0 aliphatic carbocycles. The highest BCUT2D eigenvalue weighted by atomic mass is 16.2. The first-order valence-electron chi connectivity index (χ1n) is 12.1. The SMILES string of the molecule is Cc1ccc(-c2nn(-c3ccccc3)cc2C(=O)N2CCN(CC(=O)N3CCCC3)CC2)cc1. The fraction of sp³-hybridized carbons (Fsp3) is 0.370. The van der Waals surface area contributed by atoms with Crippen LogP contribution in [0.15, 0.2) is 60.8 Å². The van der Waals surface area contributed by atoms with Gasteiger partial charge in [0, 0.05) is 51.0 Å². The molecule has 0 N–H and O–H groups in total. The summed E-state index contributed by atoms with van der Waals surface area (Å²) in [6, 6.07) is 18.0. The minimum Gasteiger partial charge on any atom is -0.342 e. The summed E-state index contributed by atoms with van der Waals surface area (Å²) in [6.45, 7) is 6.88. The minimum absolute atomic E-state index is 0.0109. The van der Waals surface area contributed by atoms with Crippen molar-refractivity contribution in [3.63, 3.8) is 0 Å². The topological polar surface area (TPSA) is 61.7 Å². The molecule has 0 atom stereocenters. The number of para-hydroxylation sites is 1. The van der Waals surface area contributed by atoms with Gasteiger partial charge in [0.2, 0.25) is 5.91 Å². The Labute approximate surface area is 200 Å². The average molecular weight is 458 g/mol. The summed E-state index contributed by atoms with van der Waals surface area (Å²) in [5.41, 5.74) is 4.31. The summed E-state index contributed by atoms with van der Waals surface area (Å²) in [7, 11) is 0. The summed E-state index contributed by atoms with van der Waals surface area (Å²) < 4.78 is 1.79. The standard InChI is InChI=1S/C27H31N5O2/c1-21-9-11-22(12-10-21)26-24(19-32(28-26)23-7-3-2-4-8-23)27(34)31-17-15-29(16-18-31)20-25(33)30-13-5-6-14-30/h2-4,7-12,19H,5-6,13-18,20H2,1H3. The van der Waals surface area contributed by atoms with Crippen LogP contribution in [-0.2, 0) is 4.79 Å². The molecule has 34 heavy (non-hydrogen) atoms. The van der Waals surface area contributed by atoms with Crippen LogP contribution < -0.4 is 0 Å². The number of piperazine rings is 1. The Hall–Kier alpha value is -3.45. The van der Waals surface area contributed by atoms with E-state index in [-0.39, 0.29) is 11.8 Å². The van der Waals surface area contributed by atoms with Crippen molar-refractivity contribution in [2.24, 2.45) is 0 Å². The number of likely N-dealkylation sites (tertiary alicyclic amines) is 1. The molecule has 3 aromatic rings. The van der Waals surface area contributed by atoms with Crippen molar-refractivity contribution in [3.05, 3.63) is 71.9 Å². The Morgan fingerprint density at radius 3 is 2.18 bits per heavy atom. The number of nitrogens with zero attached hydrogens (tertiary/aromatic N) is 5. The van der Waals surface area contributed by atoms with Gasteiger partial charge < -0.3 is 9.80 Å². The van der Waals surface area contributed by atoms with Gasteiger partial charge in [-0.2, -0.15) is 5.10 Å². The summed E-state index contributed by atoms with van der Waals surface area (Å²) in [5, 5.41) is 4.80. The van der Waals surface area contributed by atoms with Crippen molar-refractivity contribution >= 4 is 11.8 Å². The van der Waals surface area contributed by atoms with E-state index in [9.17, 15) is 9.59 Å².